The van der Waals surface area contributed by atoms with E-state index in [1.54, 1.807) is 12.1 Å². The number of hydrogen-bond acceptors (Lipinski definition) is 9. The molecular weight excluding hydrogens is 532 g/mol. The molecule has 204 valence electrons. The lowest BCUT2D eigenvalue weighted by molar-refractivity contribution is 0.102. The molecule has 4 rings (SSSR count). The van der Waals surface area contributed by atoms with Gasteiger partial charge in [0.1, 0.15) is 28.1 Å². The largest absolute Gasteiger partial charge is 0.497 e. The molecular formula is C25H25F2N7O4S. The van der Waals surface area contributed by atoms with Crippen LogP contribution in [0.15, 0.2) is 40.9 Å². The highest BCUT2D eigenvalue weighted by Crippen LogP contribution is 2.35. The van der Waals surface area contributed by atoms with Crippen molar-refractivity contribution in [2.45, 2.75) is 20.3 Å². The van der Waals surface area contributed by atoms with Gasteiger partial charge >= 0.3 is 6.03 Å². The first kappa shape index (κ1) is 27.4. The Morgan fingerprint density at radius 1 is 1.13 bits per heavy atom. The minimum atomic E-state index is -0.995. The van der Waals surface area contributed by atoms with Crippen LogP contribution in [-0.2, 0) is 0 Å². The van der Waals surface area contributed by atoms with E-state index in [9.17, 15) is 18.4 Å². The van der Waals surface area contributed by atoms with Gasteiger partial charge < -0.3 is 25.6 Å². The lowest BCUT2D eigenvalue weighted by Gasteiger charge is -2.09. The zero-order chi connectivity index (χ0) is 28.1. The third kappa shape index (κ3) is 6.65. The molecule has 14 heteroatoms. The van der Waals surface area contributed by atoms with E-state index < -0.39 is 23.6 Å². The quantitative estimate of drug-likeness (QED) is 0.220. The van der Waals surface area contributed by atoms with Gasteiger partial charge in [-0.05, 0) is 36.6 Å². The van der Waals surface area contributed by atoms with Gasteiger partial charge in [-0.3, -0.25) is 10.1 Å². The predicted molar refractivity (Wildman–Crippen MR) is 143 cm³/mol. The Hall–Kier alpha value is -4.59. The minimum Gasteiger partial charge on any atom is -0.497 e. The molecule has 2 heterocycles. The fourth-order valence-corrected chi connectivity index (χ4v) is 4.16. The zero-order valence-corrected chi connectivity index (χ0v) is 22.0. The van der Waals surface area contributed by atoms with E-state index in [2.05, 4.69) is 31.1 Å². The molecule has 0 saturated carbocycles. The van der Waals surface area contributed by atoms with Gasteiger partial charge in [-0.25, -0.2) is 18.6 Å². The number of benzene rings is 2. The summed E-state index contributed by atoms with van der Waals surface area (Å²) in [5.74, 6) is -2.02. The second-order valence-electron chi connectivity index (χ2n) is 8.72. The van der Waals surface area contributed by atoms with Crippen LogP contribution in [0.25, 0.3) is 22.2 Å². The van der Waals surface area contributed by atoms with Gasteiger partial charge in [-0.15, -0.1) is 0 Å². The molecule has 4 aromatic rings. The summed E-state index contributed by atoms with van der Waals surface area (Å²) in [4.78, 5) is 33.2. The summed E-state index contributed by atoms with van der Waals surface area (Å²) in [6.07, 6.45) is 0.815. The van der Waals surface area contributed by atoms with E-state index in [0.29, 0.717) is 24.3 Å². The maximum Gasteiger partial charge on any atom is 0.321 e. The van der Waals surface area contributed by atoms with E-state index in [0.717, 1.165) is 23.8 Å². The van der Waals surface area contributed by atoms with E-state index in [1.807, 2.05) is 13.8 Å². The second-order valence-corrected chi connectivity index (χ2v) is 9.72. The van der Waals surface area contributed by atoms with E-state index in [-0.39, 0.29) is 44.4 Å². The van der Waals surface area contributed by atoms with Crippen LogP contribution in [-0.4, -0.2) is 40.7 Å². The summed E-state index contributed by atoms with van der Waals surface area (Å²) in [6, 6.07) is 7.46. The number of aromatic nitrogens is 3. The Balaban J connectivity index is 1.52. The summed E-state index contributed by atoms with van der Waals surface area (Å²) < 4.78 is 39.5. The average molecular weight is 558 g/mol. The zero-order valence-electron chi connectivity index (χ0n) is 21.2. The fourth-order valence-electron chi connectivity index (χ4n) is 3.35. The Morgan fingerprint density at radius 2 is 1.92 bits per heavy atom. The number of hydrogen-bond donors (Lipinski definition) is 4. The molecule has 0 fully saturated rings. The Bertz CT molecular complexity index is 1510. The van der Waals surface area contributed by atoms with Crippen LogP contribution in [0.1, 0.15) is 30.6 Å². The number of nitrogen functional groups attached to an aromatic ring is 1. The summed E-state index contributed by atoms with van der Waals surface area (Å²) in [5.41, 5.74) is 5.65. The first-order chi connectivity index (χ1) is 18.6. The van der Waals surface area contributed by atoms with Gasteiger partial charge in [-0.1, -0.05) is 36.4 Å². The first-order valence-corrected chi connectivity index (χ1v) is 12.6. The lowest BCUT2D eigenvalue weighted by atomic mass is 10.1. The van der Waals surface area contributed by atoms with Crippen molar-refractivity contribution in [1.82, 2.24) is 20.4 Å². The van der Waals surface area contributed by atoms with Gasteiger partial charge in [0.25, 0.3) is 11.8 Å². The maximum absolute atomic E-state index is 14.7. The Kier molecular flexibility index (Phi) is 8.34. The molecule has 5 N–H and O–H groups in total. The molecule has 0 unspecified atom stereocenters. The van der Waals surface area contributed by atoms with Crippen LogP contribution in [0.2, 0.25) is 0 Å². The van der Waals surface area contributed by atoms with Crippen molar-refractivity contribution in [1.29, 1.82) is 0 Å². The number of rotatable bonds is 9. The molecule has 2 aromatic carbocycles. The van der Waals surface area contributed by atoms with Crippen molar-refractivity contribution in [2.24, 2.45) is 5.92 Å². The molecule has 0 bridgehead atoms. The van der Waals surface area contributed by atoms with Crippen molar-refractivity contribution in [3.8, 4) is 27.9 Å². The number of urea groups is 1. The minimum absolute atomic E-state index is 0.0125. The second kappa shape index (κ2) is 11.9. The van der Waals surface area contributed by atoms with Gasteiger partial charge in [-0.2, -0.15) is 4.98 Å². The Morgan fingerprint density at radius 3 is 2.67 bits per heavy atom. The number of anilines is 3. The normalized spacial score (nSPS) is 10.9. The third-order valence-electron chi connectivity index (χ3n) is 5.38. The first-order valence-electron chi connectivity index (χ1n) is 11.7. The van der Waals surface area contributed by atoms with Crippen molar-refractivity contribution in [2.75, 3.05) is 30.0 Å². The van der Waals surface area contributed by atoms with Crippen LogP contribution < -0.4 is 26.4 Å². The van der Waals surface area contributed by atoms with E-state index >= 15 is 0 Å². The third-order valence-corrected chi connectivity index (χ3v) is 6.35. The summed E-state index contributed by atoms with van der Waals surface area (Å²) >= 11 is 0.983. The topological polar surface area (TPSA) is 157 Å². The van der Waals surface area contributed by atoms with Crippen LogP contribution in [0.3, 0.4) is 0 Å². The monoisotopic (exact) mass is 557 g/mol. The number of nitrogens with one attached hydrogen (secondary N) is 3. The molecule has 0 saturated heterocycles. The number of nitrogens with zero attached hydrogens (tertiary/aromatic N) is 3. The molecule has 39 heavy (non-hydrogen) atoms. The van der Waals surface area contributed by atoms with Gasteiger partial charge in [0.15, 0.2) is 5.13 Å². The standard InChI is InChI=1S/C25H25F2N7O4S/c1-12(2)7-8-29-24(36)33-25-31-20(28)19(39-25)23-32-21(34-38-23)15-10-18(17(27)11-16(15)26)30-22(35)13-5-4-6-14(9-13)37-3/h4-6,9-12H,7-8,28H2,1-3H3,(H,30,35)(H2,29,31,33,36). The van der Waals surface area contributed by atoms with Crippen molar-refractivity contribution >= 4 is 39.9 Å². The lowest BCUT2D eigenvalue weighted by Crippen LogP contribution is -2.30. The predicted octanol–water partition coefficient (Wildman–Crippen LogP) is 5.15. The highest BCUT2D eigenvalue weighted by Gasteiger charge is 2.22. The summed E-state index contributed by atoms with van der Waals surface area (Å²) in [7, 11) is 1.45. The molecule has 0 atom stereocenters. The molecule has 11 nitrogen and oxygen atoms in total. The van der Waals surface area contributed by atoms with Crippen LogP contribution in [0, 0.1) is 17.6 Å². The number of amides is 3. The maximum atomic E-state index is 14.7. The average Bonchev–Trinajstić information content (AvgIpc) is 3.51. The molecule has 0 radical (unpaired) electrons. The van der Waals surface area contributed by atoms with Crippen molar-refractivity contribution in [3.05, 3.63) is 53.6 Å². The highest BCUT2D eigenvalue weighted by molar-refractivity contribution is 7.19. The molecule has 0 spiro atoms. The number of thiazole rings is 1. The smallest absolute Gasteiger partial charge is 0.321 e. The molecule has 3 amide bonds. The van der Waals surface area contributed by atoms with Gasteiger partial charge in [0, 0.05) is 18.2 Å². The number of nitrogens with two attached hydrogens (primary N) is 1. The number of methoxy groups -OCH3 is 1. The fraction of sp³-hybridized carbons (Fsp3) is 0.240. The molecule has 0 aliphatic rings. The van der Waals surface area contributed by atoms with Crippen LogP contribution in [0.5, 0.6) is 5.75 Å². The molecule has 0 aliphatic heterocycles. The SMILES string of the molecule is COc1cccc(C(=O)Nc2cc(-c3noc(-c4sc(NC(=O)NCCC(C)C)nc4N)n3)c(F)cc2F)c1. The highest BCUT2D eigenvalue weighted by atomic mass is 32.1. The number of carbonyl (C=O) groups excluding carboxylic acids is 2. The molecule has 0 aliphatic carbocycles. The van der Waals surface area contributed by atoms with Crippen LogP contribution >= 0.6 is 11.3 Å². The number of ether oxygens (including phenoxy) is 1. The summed E-state index contributed by atoms with van der Waals surface area (Å²) in [6.45, 7) is 4.58. The number of carbonyl (C=O) groups is 2. The molecule has 2 aromatic heterocycles. The summed E-state index contributed by atoms with van der Waals surface area (Å²) in [5, 5.41) is 11.7. The number of halogens is 2. The Labute approximate surface area is 225 Å². The van der Waals surface area contributed by atoms with Gasteiger partial charge in [0.05, 0.1) is 18.4 Å². The van der Waals surface area contributed by atoms with Gasteiger partial charge in [0.2, 0.25) is 5.82 Å². The van der Waals surface area contributed by atoms with Crippen molar-refractivity contribution < 1.29 is 27.6 Å². The van der Waals surface area contributed by atoms with E-state index in [4.69, 9.17) is 15.0 Å². The van der Waals surface area contributed by atoms with Crippen LogP contribution in [0.4, 0.5) is 30.2 Å². The van der Waals surface area contributed by atoms with Crippen molar-refractivity contribution in [3.63, 3.8) is 0 Å². The van der Waals surface area contributed by atoms with E-state index in [1.165, 1.54) is 19.2 Å².